The van der Waals surface area contributed by atoms with Gasteiger partial charge in [0, 0.05) is 50.1 Å². The van der Waals surface area contributed by atoms with E-state index in [0.29, 0.717) is 6.42 Å². The van der Waals surface area contributed by atoms with Crippen LogP contribution in [-0.2, 0) is 11.3 Å². The van der Waals surface area contributed by atoms with Crippen molar-refractivity contribution in [3.05, 3.63) is 58.3 Å². The van der Waals surface area contributed by atoms with Crippen molar-refractivity contribution in [2.45, 2.75) is 38.9 Å². The van der Waals surface area contributed by atoms with E-state index in [2.05, 4.69) is 69.9 Å². The zero-order valence-electron chi connectivity index (χ0n) is 15.7. The van der Waals surface area contributed by atoms with E-state index in [9.17, 15) is 4.79 Å². The maximum atomic E-state index is 11.9. The van der Waals surface area contributed by atoms with Crippen LogP contribution in [0.3, 0.4) is 0 Å². The Balaban J connectivity index is 1.62. The first-order valence-electron chi connectivity index (χ1n) is 9.50. The quantitative estimate of drug-likeness (QED) is 0.809. The predicted molar refractivity (Wildman–Crippen MR) is 108 cm³/mol. The molecule has 2 atom stereocenters. The fourth-order valence-corrected chi connectivity index (χ4v) is 4.64. The molecule has 1 aromatic carbocycles. The second kappa shape index (κ2) is 9.31. The smallest absolute Gasteiger partial charge is 0.219 e. The maximum absolute atomic E-state index is 11.9. The van der Waals surface area contributed by atoms with Crippen molar-refractivity contribution in [1.29, 1.82) is 0 Å². The summed E-state index contributed by atoms with van der Waals surface area (Å²) in [5.41, 5.74) is 1.37. The number of hydrogen-bond acceptors (Lipinski definition) is 4. The molecule has 0 saturated carbocycles. The molecule has 2 heterocycles. The summed E-state index contributed by atoms with van der Waals surface area (Å²) >= 11 is 1.78. The van der Waals surface area contributed by atoms with Gasteiger partial charge in [0.1, 0.15) is 0 Å². The molecule has 0 aliphatic carbocycles. The second-order valence-electron chi connectivity index (χ2n) is 6.97. The molecule has 1 aromatic heterocycles. The first-order chi connectivity index (χ1) is 12.7. The summed E-state index contributed by atoms with van der Waals surface area (Å²) < 4.78 is 0. The zero-order chi connectivity index (χ0) is 18.4. The number of nitrogens with zero attached hydrogens (tertiary/aromatic N) is 2. The fraction of sp³-hybridized carbons (Fsp3) is 0.476. The molecule has 1 saturated heterocycles. The second-order valence-corrected chi connectivity index (χ2v) is 7.95. The number of benzene rings is 1. The van der Waals surface area contributed by atoms with Gasteiger partial charge in [-0.1, -0.05) is 43.3 Å². The van der Waals surface area contributed by atoms with E-state index < -0.39 is 0 Å². The third-order valence-corrected chi connectivity index (χ3v) is 6.01. The molecule has 1 fully saturated rings. The topological polar surface area (TPSA) is 35.6 Å². The van der Waals surface area contributed by atoms with Gasteiger partial charge in [0.25, 0.3) is 0 Å². The van der Waals surface area contributed by atoms with Gasteiger partial charge in [0.2, 0.25) is 5.91 Å². The van der Waals surface area contributed by atoms with Gasteiger partial charge in [-0.25, -0.2) is 0 Å². The third kappa shape index (κ3) is 4.93. The van der Waals surface area contributed by atoms with Crippen LogP contribution in [0.2, 0.25) is 0 Å². The molecule has 1 aliphatic rings. The Labute approximate surface area is 160 Å². The summed E-state index contributed by atoms with van der Waals surface area (Å²) in [5, 5.41) is 5.31. The number of carbonyl (C=O) groups excluding carboxylic acids is 1. The predicted octanol–water partition coefficient (Wildman–Crippen LogP) is 3.52. The van der Waals surface area contributed by atoms with E-state index in [1.165, 1.54) is 10.4 Å². The number of thiophene rings is 1. The van der Waals surface area contributed by atoms with Gasteiger partial charge < -0.3 is 5.32 Å². The molecule has 2 unspecified atom stereocenters. The normalized spacial score (nSPS) is 18.4. The minimum absolute atomic E-state index is 0.113. The Morgan fingerprint density at radius 1 is 1.12 bits per heavy atom. The van der Waals surface area contributed by atoms with Crippen LogP contribution in [0.4, 0.5) is 0 Å². The molecule has 3 rings (SSSR count). The molecule has 1 N–H and O–H groups in total. The SMILES string of the molecule is CCC(=O)NC(C)C(c1cccs1)N1CCN(Cc2ccccc2)CC1. The molecule has 140 valence electrons. The molecule has 26 heavy (non-hydrogen) atoms. The first-order valence-corrected chi connectivity index (χ1v) is 10.4. The van der Waals surface area contributed by atoms with Gasteiger partial charge in [-0.2, -0.15) is 0 Å². The van der Waals surface area contributed by atoms with Crippen LogP contribution in [0.1, 0.15) is 36.8 Å². The van der Waals surface area contributed by atoms with Gasteiger partial charge in [-0.3, -0.25) is 14.6 Å². The molecule has 1 aliphatic heterocycles. The highest BCUT2D eigenvalue weighted by molar-refractivity contribution is 7.10. The van der Waals surface area contributed by atoms with E-state index >= 15 is 0 Å². The van der Waals surface area contributed by atoms with Crippen LogP contribution in [0.25, 0.3) is 0 Å². The van der Waals surface area contributed by atoms with Crippen molar-refractivity contribution in [3.63, 3.8) is 0 Å². The van der Waals surface area contributed by atoms with Crippen molar-refractivity contribution in [3.8, 4) is 0 Å². The largest absolute Gasteiger partial charge is 0.352 e. The number of amides is 1. The van der Waals surface area contributed by atoms with Crippen LogP contribution < -0.4 is 5.32 Å². The Hall–Kier alpha value is -1.69. The molecule has 1 amide bonds. The van der Waals surface area contributed by atoms with Gasteiger partial charge >= 0.3 is 0 Å². The van der Waals surface area contributed by atoms with Crippen LogP contribution in [0.5, 0.6) is 0 Å². The Kier molecular flexibility index (Phi) is 6.83. The number of hydrogen-bond donors (Lipinski definition) is 1. The fourth-order valence-electron chi connectivity index (χ4n) is 3.68. The monoisotopic (exact) mass is 371 g/mol. The summed E-state index contributed by atoms with van der Waals surface area (Å²) in [7, 11) is 0. The minimum atomic E-state index is 0.113. The highest BCUT2D eigenvalue weighted by atomic mass is 32.1. The summed E-state index contributed by atoms with van der Waals surface area (Å²) in [6.45, 7) is 9.24. The molecule has 5 heteroatoms. The van der Waals surface area contributed by atoms with Gasteiger partial charge in [0.15, 0.2) is 0 Å². The van der Waals surface area contributed by atoms with Crippen LogP contribution in [0, 0.1) is 0 Å². The lowest BCUT2D eigenvalue weighted by atomic mass is 10.0. The summed E-state index contributed by atoms with van der Waals surface area (Å²) in [6.07, 6.45) is 0.534. The Bertz CT molecular complexity index is 666. The Morgan fingerprint density at radius 2 is 1.85 bits per heavy atom. The lowest BCUT2D eigenvalue weighted by Crippen LogP contribution is -2.52. The van der Waals surface area contributed by atoms with E-state index in [-0.39, 0.29) is 18.0 Å². The van der Waals surface area contributed by atoms with Crippen LogP contribution in [0.15, 0.2) is 47.8 Å². The van der Waals surface area contributed by atoms with E-state index in [1.54, 1.807) is 11.3 Å². The molecule has 0 bridgehead atoms. The third-order valence-electron chi connectivity index (χ3n) is 5.07. The minimum Gasteiger partial charge on any atom is -0.352 e. The average molecular weight is 372 g/mol. The van der Waals surface area contributed by atoms with Crippen molar-refractivity contribution in [1.82, 2.24) is 15.1 Å². The molecule has 0 spiro atoms. The van der Waals surface area contributed by atoms with Gasteiger partial charge in [0.05, 0.1) is 6.04 Å². The molecular weight excluding hydrogens is 342 g/mol. The number of piperazine rings is 1. The van der Waals surface area contributed by atoms with Crippen molar-refractivity contribution in [2.75, 3.05) is 26.2 Å². The van der Waals surface area contributed by atoms with Crippen molar-refractivity contribution < 1.29 is 4.79 Å². The lowest BCUT2D eigenvalue weighted by molar-refractivity contribution is -0.121. The molecule has 0 radical (unpaired) electrons. The lowest BCUT2D eigenvalue weighted by Gasteiger charge is -2.41. The van der Waals surface area contributed by atoms with E-state index in [1.807, 2.05) is 6.92 Å². The average Bonchev–Trinajstić information content (AvgIpc) is 3.18. The number of carbonyl (C=O) groups is 1. The summed E-state index contributed by atoms with van der Waals surface area (Å²) in [5.74, 6) is 0.127. The first kappa shape index (κ1) is 19.1. The highest BCUT2D eigenvalue weighted by Gasteiger charge is 2.30. The van der Waals surface area contributed by atoms with E-state index in [0.717, 1.165) is 32.7 Å². The number of rotatable bonds is 7. The van der Waals surface area contributed by atoms with Crippen molar-refractivity contribution >= 4 is 17.2 Å². The summed E-state index contributed by atoms with van der Waals surface area (Å²) in [6, 6.07) is 15.3. The summed E-state index contributed by atoms with van der Waals surface area (Å²) in [4.78, 5) is 18.3. The highest BCUT2D eigenvalue weighted by Crippen LogP contribution is 2.29. The number of nitrogens with one attached hydrogen (secondary N) is 1. The van der Waals surface area contributed by atoms with Crippen LogP contribution >= 0.6 is 11.3 Å². The maximum Gasteiger partial charge on any atom is 0.219 e. The van der Waals surface area contributed by atoms with Gasteiger partial charge in [-0.15, -0.1) is 11.3 Å². The molecular formula is C21H29N3OS. The standard InChI is InChI=1S/C21H29N3OS/c1-3-20(25)22-17(2)21(19-10-7-15-26-19)24-13-11-23(12-14-24)16-18-8-5-4-6-9-18/h4-10,15,17,21H,3,11-14,16H2,1-2H3,(H,22,25). The molecule has 2 aromatic rings. The van der Waals surface area contributed by atoms with Gasteiger partial charge in [-0.05, 0) is 23.9 Å². The molecule has 4 nitrogen and oxygen atoms in total. The van der Waals surface area contributed by atoms with Crippen molar-refractivity contribution in [2.24, 2.45) is 0 Å². The Morgan fingerprint density at radius 3 is 2.46 bits per heavy atom. The van der Waals surface area contributed by atoms with Crippen LogP contribution in [-0.4, -0.2) is 47.9 Å². The zero-order valence-corrected chi connectivity index (χ0v) is 16.5. The van der Waals surface area contributed by atoms with E-state index in [4.69, 9.17) is 0 Å².